The first-order chi connectivity index (χ1) is 8.30. The van der Waals surface area contributed by atoms with Gasteiger partial charge in [0.1, 0.15) is 5.82 Å². The van der Waals surface area contributed by atoms with Crippen molar-refractivity contribution in [1.82, 2.24) is 9.88 Å². The lowest BCUT2D eigenvalue weighted by Gasteiger charge is -2.20. The normalized spacial score (nSPS) is 10.8. The van der Waals surface area contributed by atoms with E-state index in [2.05, 4.69) is 15.2 Å². The molecular weight excluding hydrogens is 218 g/mol. The highest BCUT2D eigenvalue weighted by Crippen LogP contribution is 2.06. The lowest BCUT2D eigenvalue weighted by molar-refractivity contribution is 0.126. The number of nitrogens with zero attached hydrogens (tertiary/aromatic N) is 2. The van der Waals surface area contributed by atoms with E-state index in [0.29, 0.717) is 13.2 Å². The van der Waals surface area contributed by atoms with Crippen molar-refractivity contribution in [3.8, 4) is 0 Å². The van der Waals surface area contributed by atoms with Crippen molar-refractivity contribution in [3.05, 3.63) is 23.9 Å². The van der Waals surface area contributed by atoms with Gasteiger partial charge in [0.15, 0.2) is 0 Å². The standard InChI is InChI=1S/C12H21N3O2/c1-13-12-5-3-4-11(14-12)10-15(6-8-16)7-9-17-2/h3-5,16H,6-10H2,1-2H3,(H,13,14). The van der Waals surface area contributed by atoms with Gasteiger partial charge in [0.2, 0.25) is 0 Å². The molecule has 17 heavy (non-hydrogen) atoms. The Kier molecular flexibility index (Phi) is 6.54. The van der Waals surface area contributed by atoms with Gasteiger partial charge in [0.05, 0.1) is 18.9 Å². The summed E-state index contributed by atoms with van der Waals surface area (Å²) in [6.45, 7) is 2.96. The van der Waals surface area contributed by atoms with Crippen LogP contribution in [-0.2, 0) is 11.3 Å². The van der Waals surface area contributed by atoms with E-state index in [1.54, 1.807) is 7.11 Å². The second-order valence-electron chi connectivity index (χ2n) is 3.76. The Bertz CT molecular complexity index is 320. The smallest absolute Gasteiger partial charge is 0.126 e. The Morgan fingerprint density at radius 3 is 2.88 bits per heavy atom. The number of methoxy groups -OCH3 is 1. The maximum atomic E-state index is 9.00. The predicted molar refractivity (Wildman–Crippen MR) is 68.0 cm³/mol. The molecule has 0 aliphatic carbocycles. The average molecular weight is 239 g/mol. The summed E-state index contributed by atoms with van der Waals surface area (Å²) in [5.41, 5.74) is 0.987. The van der Waals surface area contributed by atoms with E-state index in [1.165, 1.54) is 0 Å². The molecule has 1 heterocycles. The summed E-state index contributed by atoms with van der Waals surface area (Å²) in [6.07, 6.45) is 0. The molecule has 0 unspecified atom stereocenters. The summed E-state index contributed by atoms with van der Waals surface area (Å²) in [7, 11) is 3.53. The van der Waals surface area contributed by atoms with Crippen molar-refractivity contribution in [2.75, 3.05) is 45.8 Å². The molecule has 5 heteroatoms. The molecule has 5 nitrogen and oxygen atoms in total. The minimum Gasteiger partial charge on any atom is -0.395 e. The molecule has 0 aliphatic rings. The van der Waals surface area contributed by atoms with Gasteiger partial charge in [-0.15, -0.1) is 0 Å². The molecule has 0 fully saturated rings. The van der Waals surface area contributed by atoms with Crippen LogP contribution in [0.2, 0.25) is 0 Å². The quantitative estimate of drug-likeness (QED) is 0.694. The zero-order valence-corrected chi connectivity index (χ0v) is 10.5. The SMILES string of the molecule is CNc1cccc(CN(CCO)CCOC)n1. The minimum atomic E-state index is 0.148. The highest BCUT2D eigenvalue weighted by molar-refractivity contribution is 5.34. The van der Waals surface area contributed by atoms with Crippen LogP contribution in [-0.4, -0.2) is 55.5 Å². The summed E-state index contributed by atoms with van der Waals surface area (Å²) in [4.78, 5) is 6.56. The number of anilines is 1. The molecule has 1 aromatic heterocycles. The number of hydrogen-bond acceptors (Lipinski definition) is 5. The van der Waals surface area contributed by atoms with Gasteiger partial charge in [-0.25, -0.2) is 4.98 Å². The van der Waals surface area contributed by atoms with Gasteiger partial charge in [-0.2, -0.15) is 0 Å². The summed E-state index contributed by atoms with van der Waals surface area (Å²) in [5.74, 6) is 0.859. The lowest BCUT2D eigenvalue weighted by atomic mass is 10.3. The zero-order valence-electron chi connectivity index (χ0n) is 10.5. The van der Waals surface area contributed by atoms with Gasteiger partial charge in [-0.1, -0.05) is 6.07 Å². The Balaban J connectivity index is 2.57. The van der Waals surface area contributed by atoms with E-state index in [1.807, 2.05) is 25.2 Å². The van der Waals surface area contributed by atoms with Crippen LogP contribution >= 0.6 is 0 Å². The van der Waals surface area contributed by atoms with E-state index < -0.39 is 0 Å². The van der Waals surface area contributed by atoms with Crippen LogP contribution in [0.25, 0.3) is 0 Å². The lowest BCUT2D eigenvalue weighted by Crippen LogP contribution is -2.30. The van der Waals surface area contributed by atoms with E-state index in [-0.39, 0.29) is 6.61 Å². The monoisotopic (exact) mass is 239 g/mol. The van der Waals surface area contributed by atoms with Crippen molar-refractivity contribution in [2.24, 2.45) is 0 Å². The number of hydrogen-bond donors (Lipinski definition) is 2. The molecule has 0 bridgehead atoms. The number of nitrogens with one attached hydrogen (secondary N) is 1. The number of ether oxygens (including phenoxy) is 1. The second-order valence-corrected chi connectivity index (χ2v) is 3.76. The minimum absolute atomic E-state index is 0.148. The molecule has 1 rings (SSSR count). The van der Waals surface area contributed by atoms with Gasteiger partial charge >= 0.3 is 0 Å². The fraction of sp³-hybridized carbons (Fsp3) is 0.583. The topological polar surface area (TPSA) is 57.6 Å². The highest BCUT2D eigenvalue weighted by Gasteiger charge is 2.06. The first-order valence-corrected chi connectivity index (χ1v) is 5.76. The molecule has 0 aliphatic heterocycles. The van der Waals surface area contributed by atoms with Crippen LogP contribution in [0.4, 0.5) is 5.82 Å². The molecule has 0 aromatic carbocycles. The maximum Gasteiger partial charge on any atom is 0.126 e. The van der Waals surface area contributed by atoms with Crippen LogP contribution in [0.5, 0.6) is 0 Å². The number of pyridine rings is 1. The third-order valence-electron chi connectivity index (χ3n) is 2.48. The van der Waals surface area contributed by atoms with E-state index >= 15 is 0 Å². The largest absolute Gasteiger partial charge is 0.395 e. The fourth-order valence-electron chi connectivity index (χ4n) is 1.57. The maximum absolute atomic E-state index is 9.00. The van der Waals surface area contributed by atoms with Crippen LogP contribution in [0, 0.1) is 0 Å². The summed E-state index contributed by atoms with van der Waals surface area (Å²) >= 11 is 0. The van der Waals surface area contributed by atoms with Gasteiger partial charge in [-0.05, 0) is 12.1 Å². The molecule has 0 spiro atoms. The van der Waals surface area contributed by atoms with Crippen LogP contribution in [0.3, 0.4) is 0 Å². The van der Waals surface area contributed by atoms with E-state index in [0.717, 1.165) is 24.6 Å². The molecule has 2 N–H and O–H groups in total. The molecule has 1 aromatic rings. The van der Waals surface area contributed by atoms with Crippen LogP contribution < -0.4 is 5.32 Å². The van der Waals surface area contributed by atoms with Gasteiger partial charge in [-0.3, -0.25) is 4.90 Å². The Labute approximate surface area is 102 Å². The van der Waals surface area contributed by atoms with Crippen LogP contribution in [0.15, 0.2) is 18.2 Å². The first-order valence-electron chi connectivity index (χ1n) is 5.76. The second kappa shape index (κ2) is 8.00. The molecular formula is C12H21N3O2. The molecule has 0 radical (unpaired) electrons. The molecule has 96 valence electrons. The zero-order chi connectivity index (χ0) is 12.5. The summed E-state index contributed by atoms with van der Waals surface area (Å²) < 4.78 is 5.05. The summed E-state index contributed by atoms with van der Waals surface area (Å²) in [6, 6.07) is 5.88. The molecule has 0 amide bonds. The number of aliphatic hydroxyl groups excluding tert-OH is 1. The van der Waals surface area contributed by atoms with E-state index in [4.69, 9.17) is 9.84 Å². The molecule has 0 atom stereocenters. The van der Waals surface area contributed by atoms with Crippen LogP contribution in [0.1, 0.15) is 5.69 Å². The van der Waals surface area contributed by atoms with Crippen molar-refractivity contribution < 1.29 is 9.84 Å². The fourth-order valence-corrected chi connectivity index (χ4v) is 1.57. The highest BCUT2D eigenvalue weighted by atomic mass is 16.5. The summed E-state index contributed by atoms with van der Waals surface area (Å²) in [5, 5.41) is 12.0. The third-order valence-corrected chi connectivity index (χ3v) is 2.48. The number of rotatable bonds is 8. The Morgan fingerprint density at radius 2 is 2.24 bits per heavy atom. The van der Waals surface area contributed by atoms with Gasteiger partial charge < -0.3 is 15.2 Å². The average Bonchev–Trinajstić information content (AvgIpc) is 2.36. The molecule has 0 saturated carbocycles. The molecule has 0 saturated heterocycles. The number of aromatic nitrogens is 1. The van der Waals surface area contributed by atoms with E-state index in [9.17, 15) is 0 Å². The first kappa shape index (κ1) is 13.9. The van der Waals surface area contributed by atoms with Gasteiger partial charge in [0.25, 0.3) is 0 Å². The van der Waals surface area contributed by atoms with Crippen molar-refractivity contribution in [1.29, 1.82) is 0 Å². The Morgan fingerprint density at radius 1 is 1.41 bits per heavy atom. The predicted octanol–water partition coefficient (Wildman–Crippen LogP) is 0.564. The third kappa shape index (κ3) is 5.12. The van der Waals surface area contributed by atoms with Crippen molar-refractivity contribution in [3.63, 3.8) is 0 Å². The van der Waals surface area contributed by atoms with Gasteiger partial charge in [0, 0.05) is 33.8 Å². The Hall–Kier alpha value is -1.17. The van der Waals surface area contributed by atoms with Crippen molar-refractivity contribution in [2.45, 2.75) is 6.54 Å². The number of aliphatic hydroxyl groups is 1. The van der Waals surface area contributed by atoms with Crippen molar-refractivity contribution >= 4 is 5.82 Å².